The van der Waals surface area contributed by atoms with E-state index in [9.17, 15) is 23.2 Å². The topological polar surface area (TPSA) is 108 Å². The molecular formula is C24H30F2N2O5. The van der Waals surface area contributed by atoms with Gasteiger partial charge < -0.3 is 20.5 Å². The van der Waals surface area contributed by atoms with Crippen molar-refractivity contribution in [2.45, 2.75) is 45.7 Å². The molecule has 1 amide bonds. The predicted molar refractivity (Wildman–Crippen MR) is 119 cm³/mol. The molecule has 33 heavy (non-hydrogen) atoms. The van der Waals surface area contributed by atoms with Crippen molar-refractivity contribution < 1.29 is 32.6 Å². The second kappa shape index (κ2) is 14.7. The monoisotopic (exact) mass is 464 g/mol. The van der Waals surface area contributed by atoms with Crippen molar-refractivity contribution in [3.63, 3.8) is 0 Å². The molecule has 0 saturated heterocycles. The Bertz CT molecular complexity index is 923. The number of amides is 1. The minimum Gasteiger partial charge on any atom is -0.465 e. The smallest absolute Gasteiger partial charge is 0.328 e. The summed E-state index contributed by atoms with van der Waals surface area (Å²) < 4.78 is 35.4. The lowest BCUT2D eigenvalue weighted by molar-refractivity contribution is -0.147. The number of halogens is 2. The summed E-state index contributed by atoms with van der Waals surface area (Å²) in [5, 5.41) is 2.50. The summed E-state index contributed by atoms with van der Waals surface area (Å²) >= 11 is 0. The molecule has 0 aliphatic rings. The minimum absolute atomic E-state index is 0.205. The second-order valence-corrected chi connectivity index (χ2v) is 7.03. The number of hydrogen-bond donors (Lipinski definition) is 2. The molecule has 0 heterocycles. The van der Waals surface area contributed by atoms with Crippen LogP contribution in [0.25, 0.3) is 0 Å². The molecule has 0 aliphatic carbocycles. The Hall–Kier alpha value is -3.33. The van der Waals surface area contributed by atoms with E-state index in [0.29, 0.717) is 17.7 Å². The van der Waals surface area contributed by atoms with E-state index in [0.717, 1.165) is 0 Å². The molecule has 3 N–H and O–H groups in total. The van der Waals surface area contributed by atoms with E-state index >= 15 is 0 Å². The van der Waals surface area contributed by atoms with Crippen LogP contribution in [0.15, 0.2) is 48.5 Å². The largest absolute Gasteiger partial charge is 0.465 e. The highest BCUT2D eigenvalue weighted by Gasteiger charge is 2.21. The molecule has 0 radical (unpaired) electrons. The van der Waals surface area contributed by atoms with Crippen LogP contribution in [-0.4, -0.2) is 43.1 Å². The van der Waals surface area contributed by atoms with Gasteiger partial charge in [0.1, 0.15) is 23.7 Å². The molecule has 2 aromatic carbocycles. The van der Waals surface area contributed by atoms with Crippen molar-refractivity contribution in [2.24, 2.45) is 5.73 Å². The summed E-state index contributed by atoms with van der Waals surface area (Å²) in [6.07, 6.45) is 0.493. The summed E-state index contributed by atoms with van der Waals surface area (Å²) in [6, 6.07) is 10.4. The van der Waals surface area contributed by atoms with Gasteiger partial charge in [-0.15, -0.1) is 0 Å². The molecule has 0 aliphatic heterocycles. The highest BCUT2D eigenvalue weighted by atomic mass is 19.1. The Kier molecular flexibility index (Phi) is 12.3. The number of carbonyl (C=O) groups excluding carboxylic acids is 3. The lowest BCUT2D eigenvalue weighted by Crippen LogP contribution is -2.42. The van der Waals surface area contributed by atoms with Crippen LogP contribution in [0.3, 0.4) is 0 Å². The number of carbonyl (C=O) groups is 3. The molecule has 0 saturated carbocycles. The lowest BCUT2D eigenvalue weighted by atomic mass is 10.1. The van der Waals surface area contributed by atoms with E-state index in [2.05, 4.69) is 5.32 Å². The van der Waals surface area contributed by atoms with Gasteiger partial charge in [0.15, 0.2) is 0 Å². The number of rotatable bonds is 9. The Morgan fingerprint density at radius 2 is 1.36 bits per heavy atom. The molecule has 180 valence electrons. The van der Waals surface area contributed by atoms with Crippen LogP contribution < -0.4 is 11.1 Å². The van der Waals surface area contributed by atoms with Crippen molar-refractivity contribution >= 4 is 17.8 Å². The molecule has 2 aromatic rings. The van der Waals surface area contributed by atoms with Gasteiger partial charge in [-0.3, -0.25) is 9.59 Å². The first-order valence-corrected chi connectivity index (χ1v) is 10.5. The fraction of sp³-hybridized carbons (Fsp3) is 0.375. The van der Waals surface area contributed by atoms with E-state index in [1.54, 1.807) is 38.1 Å². The van der Waals surface area contributed by atoms with Crippen molar-refractivity contribution in [3.8, 4) is 0 Å². The summed E-state index contributed by atoms with van der Waals surface area (Å²) in [7, 11) is 0. The van der Waals surface area contributed by atoms with E-state index in [-0.39, 0.29) is 37.0 Å². The standard InChI is InChI=1S/C13H16FNO3.C11H14FNO2/c1-3-18-13(17)12(15-9(2)16)8-10-5-4-6-11(14)7-10;1-2-15-11(14)10(13)7-8-4-3-5-9(12)6-8/h4-7,12H,3,8H2,1-2H3,(H,15,16);3-6,10H,2,7,13H2,1H3/t12-;10-/m00/s1. The zero-order valence-electron chi connectivity index (χ0n) is 19.0. The van der Waals surface area contributed by atoms with Gasteiger partial charge in [0, 0.05) is 13.3 Å². The molecule has 0 aromatic heterocycles. The lowest BCUT2D eigenvalue weighted by Gasteiger charge is -2.16. The first-order chi connectivity index (χ1) is 15.7. The van der Waals surface area contributed by atoms with Crippen molar-refractivity contribution in [1.82, 2.24) is 5.32 Å². The van der Waals surface area contributed by atoms with Crippen molar-refractivity contribution in [2.75, 3.05) is 13.2 Å². The Balaban J connectivity index is 0.000000335. The highest BCUT2D eigenvalue weighted by molar-refractivity contribution is 5.83. The minimum atomic E-state index is -0.788. The van der Waals surface area contributed by atoms with Crippen LogP contribution in [0.5, 0.6) is 0 Å². The normalized spacial score (nSPS) is 11.9. The molecule has 0 spiro atoms. The molecule has 9 heteroatoms. The summed E-state index contributed by atoms with van der Waals surface area (Å²) in [5.74, 6) is -2.01. The van der Waals surface area contributed by atoms with Gasteiger partial charge in [-0.25, -0.2) is 13.6 Å². The van der Waals surface area contributed by atoms with Gasteiger partial charge in [-0.1, -0.05) is 24.3 Å². The molecule has 0 fully saturated rings. The van der Waals surface area contributed by atoms with E-state index < -0.39 is 24.0 Å². The summed E-state index contributed by atoms with van der Waals surface area (Å²) in [4.78, 5) is 33.9. The Morgan fingerprint density at radius 1 is 0.879 bits per heavy atom. The number of hydrogen-bond acceptors (Lipinski definition) is 6. The number of esters is 2. The number of nitrogens with one attached hydrogen (secondary N) is 1. The van der Waals surface area contributed by atoms with Crippen LogP contribution in [-0.2, 0) is 36.7 Å². The third kappa shape index (κ3) is 11.2. The number of benzene rings is 2. The van der Waals surface area contributed by atoms with Gasteiger partial charge in [0.05, 0.1) is 13.2 Å². The molecule has 2 atom stereocenters. The second-order valence-electron chi connectivity index (χ2n) is 7.03. The molecule has 0 unspecified atom stereocenters. The van der Waals surface area contributed by atoms with Crippen molar-refractivity contribution in [3.05, 3.63) is 71.3 Å². The first kappa shape index (κ1) is 27.7. The fourth-order valence-corrected chi connectivity index (χ4v) is 2.83. The van der Waals surface area contributed by atoms with E-state index in [4.69, 9.17) is 15.2 Å². The number of nitrogens with two attached hydrogens (primary N) is 1. The zero-order chi connectivity index (χ0) is 24.8. The van der Waals surface area contributed by atoms with Crippen LogP contribution in [0, 0.1) is 11.6 Å². The molecular weight excluding hydrogens is 434 g/mol. The van der Waals surface area contributed by atoms with Gasteiger partial charge in [0.25, 0.3) is 0 Å². The van der Waals surface area contributed by atoms with E-state index in [1.165, 1.54) is 31.2 Å². The van der Waals surface area contributed by atoms with Gasteiger partial charge >= 0.3 is 11.9 Å². The third-order valence-corrected chi connectivity index (χ3v) is 4.21. The zero-order valence-corrected chi connectivity index (χ0v) is 19.0. The highest BCUT2D eigenvalue weighted by Crippen LogP contribution is 2.08. The van der Waals surface area contributed by atoms with Gasteiger partial charge in [-0.2, -0.15) is 0 Å². The summed E-state index contributed by atoms with van der Waals surface area (Å²) in [6.45, 7) is 5.25. The summed E-state index contributed by atoms with van der Waals surface area (Å²) in [5.41, 5.74) is 6.91. The molecule has 7 nitrogen and oxygen atoms in total. The Morgan fingerprint density at radius 3 is 1.82 bits per heavy atom. The molecule has 2 rings (SSSR count). The maximum Gasteiger partial charge on any atom is 0.328 e. The maximum absolute atomic E-state index is 13.0. The van der Waals surface area contributed by atoms with Gasteiger partial charge in [0.2, 0.25) is 5.91 Å². The number of ether oxygens (including phenoxy) is 2. The van der Waals surface area contributed by atoms with Crippen LogP contribution >= 0.6 is 0 Å². The fourth-order valence-electron chi connectivity index (χ4n) is 2.83. The molecule has 0 bridgehead atoms. The third-order valence-electron chi connectivity index (χ3n) is 4.21. The predicted octanol–water partition coefficient (Wildman–Crippen LogP) is 2.69. The Labute approximate surface area is 192 Å². The van der Waals surface area contributed by atoms with Crippen LogP contribution in [0.1, 0.15) is 31.9 Å². The van der Waals surface area contributed by atoms with Gasteiger partial charge in [-0.05, 0) is 55.7 Å². The quantitative estimate of drug-likeness (QED) is 0.553. The maximum atomic E-state index is 13.0. The average molecular weight is 465 g/mol. The first-order valence-electron chi connectivity index (χ1n) is 10.5. The van der Waals surface area contributed by atoms with Crippen molar-refractivity contribution in [1.29, 1.82) is 0 Å². The van der Waals surface area contributed by atoms with Crippen LogP contribution in [0.2, 0.25) is 0 Å². The van der Waals surface area contributed by atoms with E-state index in [1.807, 2.05) is 0 Å². The average Bonchev–Trinajstić information content (AvgIpc) is 2.74. The SMILES string of the molecule is CCOC(=O)[C@@H](N)Cc1cccc(F)c1.CCOC(=O)[C@H](Cc1cccc(F)c1)NC(C)=O. The van der Waals surface area contributed by atoms with Crippen LogP contribution in [0.4, 0.5) is 8.78 Å².